The Balaban J connectivity index is 0.00000256. The molecule has 0 aliphatic carbocycles. The lowest BCUT2D eigenvalue weighted by Gasteiger charge is -2.21. The van der Waals surface area contributed by atoms with Crippen molar-refractivity contribution in [3.63, 3.8) is 0 Å². The molecule has 1 aromatic carbocycles. The normalized spacial score (nSPS) is 16.8. The summed E-state index contributed by atoms with van der Waals surface area (Å²) in [7, 11) is 0. The van der Waals surface area contributed by atoms with Crippen molar-refractivity contribution in [1.82, 2.24) is 4.98 Å². The number of nitrogens with one attached hydrogen (secondary N) is 1. The summed E-state index contributed by atoms with van der Waals surface area (Å²) < 4.78 is 11.4. The fourth-order valence-corrected chi connectivity index (χ4v) is 3.64. The van der Waals surface area contributed by atoms with Crippen molar-refractivity contribution in [3.05, 3.63) is 42.1 Å². The van der Waals surface area contributed by atoms with E-state index in [2.05, 4.69) is 26.3 Å². The lowest BCUT2D eigenvalue weighted by atomic mass is 10.2. The first-order chi connectivity index (χ1) is 14.3. The van der Waals surface area contributed by atoms with Gasteiger partial charge in [0.25, 0.3) is 0 Å². The standard InChI is InChI=1S/C22H29N5O2.HI/c23-22(26-18-6-7-19-20(15-18)29-13-5-12-28-19)25-16-17-8-9-24-21(14-17)27-10-3-1-2-4-11-27;/h6-9,14-15H,1-5,10-13,16H2,(H3,23,25,26);1H. The molecule has 2 aromatic rings. The van der Waals surface area contributed by atoms with Gasteiger partial charge in [-0.05, 0) is 42.7 Å². The van der Waals surface area contributed by atoms with E-state index in [0.29, 0.717) is 25.7 Å². The SMILES string of the molecule is I.NC(=NCc1ccnc(N2CCCCCC2)c1)Nc1ccc2c(c1)OCCCO2. The number of pyridine rings is 1. The second-order valence-electron chi connectivity index (χ2n) is 7.46. The number of nitrogens with two attached hydrogens (primary N) is 1. The van der Waals surface area contributed by atoms with Crippen LogP contribution in [0.5, 0.6) is 11.5 Å². The van der Waals surface area contributed by atoms with Gasteiger partial charge in [-0.3, -0.25) is 0 Å². The van der Waals surface area contributed by atoms with Crippen LogP contribution in [0.15, 0.2) is 41.5 Å². The van der Waals surface area contributed by atoms with Crippen molar-refractivity contribution in [2.24, 2.45) is 10.7 Å². The molecule has 0 amide bonds. The van der Waals surface area contributed by atoms with E-state index in [4.69, 9.17) is 15.2 Å². The Kier molecular flexibility index (Phi) is 8.41. The highest BCUT2D eigenvalue weighted by molar-refractivity contribution is 14.0. The van der Waals surface area contributed by atoms with Crippen LogP contribution in [0.1, 0.15) is 37.7 Å². The zero-order chi connectivity index (χ0) is 19.9. The topological polar surface area (TPSA) is 85.0 Å². The maximum atomic E-state index is 6.10. The average Bonchev–Trinajstić information content (AvgIpc) is 3.15. The van der Waals surface area contributed by atoms with Gasteiger partial charge in [0, 0.05) is 37.5 Å². The first-order valence-electron chi connectivity index (χ1n) is 10.4. The fourth-order valence-electron chi connectivity index (χ4n) is 3.64. The molecule has 4 rings (SSSR count). The van der Waals surface area contributed by atoms with E-state index in [1.165, 1.54) is 25.7 Å². The Hall–Kier alpha value is -2.23. The highest BCUT2D eigenvalue weighted by Crippen LogP contribution is 2.32. The van der Waals surface area contributed by atoms with Gasteiger partial charge in [0.2, 0.25) is 0 Å². The van der Waals surface area contributed by atoms with Gasteiger partial charge in [0.1, 0.15) is 5.82 Å². The molecule has 1 saturated heterocycles. The van der Waals surface area contributed by atoms with E-state index in [9.17, 15) is 0 Å². The maximum Gasteiger partial charge on any atom is 0.193 e. The zero-order valence-corrected chi connectivity index (χ0v) is 19.5. The van der Waals surface area contributed by atoms with Crippen LogP contribution in [0.4, 0.5) is 11.5 Å². The molecule has 7 nitrogen and oxygen atoms in total. The largest absolute Gasteiger partial charge is 0.490 e. The molecule has 3 N–H and O–H groups in total. The number of halogens is 1. The van der Waals surface area contributed by atoms with Crippen molar-refractivity contribution >= 4 is 41.4 Å². The van der Waals surface area contributed by atoms with Gasteiger partial charge < -0.3 is 25.4 Å². The van der Waals surface area contributed by atoms with Crippen LogP contribution >= 0.6 is 24.0 Å². The van der Waals surface area contributed by atoms with E-state index in [0.717, 1.165) is 48.1 Å². The first-order valence-corrected chi connectivity index (χ1v) is 10.4. The van der Waals surface area contributed by atoms with Crippen LogP contribution in [-0.4, -0.2) is 37.2 Å². The van der Waals surface area contributed by atoms with Crippen molar-refractivity contribution in [2.45, 2.75) is 38.6 Å². The summed E-state index contributed by atoms with van der Waals surface area (Å²) in [4.78, 5) is 11.4. The third-order valence-electron chi connectivity index (χ3n) is 5.19. The summed E-state index contributed by atoms with van der Waals surface area (Å²) >= 11 is 0. The van der Waals surface area contributed by atoms with Gasteiger partial charge in [-0.25, -0.2) is 9.98 Å². The van der Waals surface area contributed by atoms with E-state index < -0.39 is 0 Å². The molecule has 0 bridgehead atoms. The summed E-state index contributed by atoms with van der Waals surface area (Å²) in [6, 6.07) is 9.82. The second-order valence-corrected chi connectivity index (χ2v) is 7.46. The number of anilines is 2. The van der Waals surface area contributed by atoms with Gasteiger partial charge in [-0.15, -0.1) is 24.0 Å². The molecule has 0 saturated carbocycles. The summed E-state index contributed by atoms with van der Waals surface area (Å²) in [5, 5.41) is 3.14. The summed E-state index contributed by atoms with van der Waals surface area (Å²) in [5.74, 6) is 2.90. The van der Waals surface area contributed by atoms with Crippen molar-refractivity contribution in [2.75, 3.05) is 36.5 Å². The minimum Gasteiger partial charge on any atom is -0.490 e. The predicted octanol–water partition coefficient (Wildman–Crippen LogP) is 4.17. The number of aromatic nitrogens is 1. The molecule has 162 valence electrons. The van der Waals surface area contributed by atoms with Gasteiger partial charge in [-0.2, -0.15) is 0 Å². The molecule has 1 aromatic heterocycles. The number of benzene rings is 1. The van der Waals surface area contributed by atoms with Crippen LogP contribution < -0.4 is 25.4 Å². The molecule has 1 fully saturated rings. The quantitative estimate of drug-likeness (QED) is 0.356. The van der Waals surface area contributed by atoms with E-state index >= 15 is 0 Å². The van der Waals surface area contributed by atoms with Gasteiger partial charge in [0.05, 0.1) is 19.8 Å². The Morgan fingerprint density at radius 2 is 1.77 bits per heavy atom. The third-order valence-corrected chi connectivity index (χ3v) is 5.19. The highest BCUT2D eigenvalue weighted by atomic mass is 127. The molecule has 3 heterocycles. The fraction of sp³-hybridized carbons (Fsp3) is 0.455. The second kappa shape index (κ2) is 11.2. The molecular formula is C22H30IN5O2. The Morgan fingerprint density at radius 3 is 2.57 bits per heavy atom. The number of aliphatic imine (C=N–C) groups is 1. The highest BCUT2D eigenvalue weighted by Gasteiger charge is 2.12. The van der Waals surface area contributed by atoms with Crippen molar-refractivity contribution in [1.29, 1.82) is 0 Å². The Morgan fingerprint density at radius 1 is 1.00 bits per heavy atom. The van der Waals surface area contributed by atoms with Crippen LogP contribution in [-0.2, 0) is 6.54 Å². The number of ether oxygens (including phenoxy) is 2. The van der Waals surface area contributed by atoms with E-state index in [1.807, 2.05) is 30.5 Å². The minimum atomic E-state index is 0. The first kappa shape index (κ1) is 22.5. The molecular weight excluding hydrogens is 493 g/mol. The number of hydrogen-bond donors (Lipinski definition) is 2. The lowest BCUT2D eigenvalue weighted by molar-refractivity contribution is 0.297. The summed E-state index contributed by atoms with van der Waals surface area (Å²) in [6.45, 7) is 3.99. The third kappa shape index (κ3) is 6.13. The Bertz CT molecular complexity index is 853. The molecule has 8 heteroatoms. The summed E-state index contributed by atoms with van der Waals surface area (Å²) in [5.41, 5.74) is 8.03. The van der Waals surface area contributed by atoms with Gasteiger partial charge in [-0.1, -0.05) is 12.8 Å². The molecule has 0 unspecified atom stereocenters. The number of guanidine groups is 1. The molecule has 0 spiro atoms. The monoisotopic (exact) mass is 523 g/mol. The van der Waals surface area contributed by atoms with Crippen molar-refractivity contribution < 1.29 is 9.47 Å². The molecule has 0 atom stereocenters. The maximum absolute atomic E-state index is 6.10. The van der Waals surface area contributed by atoms with Crippen LogP contribution in [0, 0.1) is 0 Å². The average molecular weight is 523 g/mol. The van der Waals surface area contributed by atoms with Crippen LogP contribution in [0.2, 0.25) is 0 Å². The van der Waals surface area contributed by atoms with E-state index in [-0.39, 0.29) is 24.0 Å². The zero-order valence-electron chi connectivity index (χ0n) is 17.2. The lowest BCUT2D eigenvalue weighted by Crippen LogP contribution is -2.25. The Labute approximate surface area is 195 Å². The van der Waals surface area contributed by atoms with Crippen molar-refractivity contribution in [3.8, 4) is 11.5 Å². The molecule has 2 aliphatic rings. The smallest absolute Gasteiger partial charge is 0.193 e. The number of nitrogens with zero attached hydrogens (tertiary/aromatic N) is 3. The van der Waals surface area contributed by atoms with Crippen LogP contribution in [0.25, 0.3) is 0 Å². The van der Waals surface area contributed by atoms with Gasteiger partial charge in [0.15, 0.2) is 17.5 Å². The van der Waals surface area contributed by atoms with E-state index in [1.54, 1.807) is 0 Å². The molecule has 0 radical (unpaired) electrons. The number of rotatable bonds is 4. The molecule has 2 aliphatic heterocycles. The summed E-state index contributed by atoms with van der Waals surface area (Å²) in [6.07, 6.45) is 7.82. The van der Waals surface area contributed by atoms with Gasteiger partial charge >= 0.3 is 0 Å². The number of fused-ring (bicyclic) bond motifs is 1. The minimum absolute atomic E-state index is 0. The number of hydrogen-bond acceptors (Lipinski definition) is 5. The molecule has 30 heavy (non-hydrogen) atoms. The van der Waals surface area contributed by atoms with Crippen LogP contribution in [0.3, 0.4) is 0 Å². The predicted molar refractivity (Wildman–Crippen MR) is 131 cm³/mol.